The summed E-state index contributed by atoms with van der Waals surface area (Å²) in [6.07, 6.45) is 1.21. The predicted octanol–water partition coefficient (Wildman–Crippen LogP) is 2.30. The fraction of sp³-hybridized carbons (Fsp3) is 0.462. The minimum Gasteiger partial charge on any atom is -0.356 e. The summed E-state index contributed by atoms with van der Waals surface area (Å²) in [4.78, 5) is 21.6. The summed E-state index contributed by atoms with van der Waals surface area (Å²) < 4.78 is 0. The number of carbonyl (C=O) groups is 1. The van der Waals surface area contributed by atoms with Gasteiger partial charge in [-0.1, -0.05) is 26.0 Å². The molecule has 0 saturated carbocycles. The Bertz CT molecular complexity index is 413. The minimum absolute atomic E-state index is 0.0407. The Kier molecular flexibility index (Phi) is 5.30. The molecule has 0 aliphatic rings. The zero-order chi connectivity index (χ0) is 13.5. The van der Waals surface area contributed by atoms with E-state index in [1.54, 1.807) is 12.1 Å². The van der Waals surface area contributed by atoms with Gasteiger partial charge in [0.15, 0.2) is 0 Å². The lowest BCUT2D eigenvalue weighted by Crippen LogP contribution is -2.26. The van der Waals surface area contributed by atoms with Gasteiger partial charge in [0.2, 0.25) is 5.91 Å². The summed E-state index contributed by atoms with van der Waals surface area (Å²) in [7, 11) is 0. The fourth-order valence-electron chi connectivity index (χ4n) is 1.48. The summed E-state index contributed by atoms with van der Waals surface area (Å²) in [5.74, 6) is 0.508. The van der Waals surface area contributed by atoms with Gasteiger partial charge in [-0.25, -0.2) is 0 Å². The van der Waals surface area contributed by atoms with Crippen molar-refractivity contribution >= 4 is 11.6 Å². The number of hydrogen-bond acceptors (Lipinski definition) is 3. The molecule has 5 heteroatoms. The van der Waals surface area contributed by atoms with E-state index in [0.717, 1.165) is 12.0 Å². The van der Waals surface area contributed by atoms with Gasteiger partial charge in [-0.15, -0.1) is 0 Å². The Morgan fingerprint density at radius 2 is 1.94 bits per heavy atom. The molecule has 1 N–H and O–H groups in total. The van der Waals surface area contributed by atoms with E-state index in [0.29, 0.717) is 12.5 Å². The molecule has 18 heavy (non-hydrogen) atoms. The largest absolute Gasteiger partial charge is 0.356 e. The highest BCUT2D eigenvalue weighted by Gasteiger charge is 2.07. The van der Waals surface area contributed by atoms with Crippen LogP contribution in [0.3, 0.4) is 0 Å². The molecule has 0 bridgehead atoms. The Hall–Kier alpha value is -1.91. The first-order valence-electron chi connectivity index (χ1n) is 5.99. The fourth-order valence-corrected chi connectivity index (χ4v) is 1.48. The average molecular weight is 250 g/mol. The van der Waals surface area contributed by atoms with Gasteiger partial charge in [0.25, 0.3) is 5.69 Å². The summed E-state index contributed by atoms with van der Waals surface area (Å²) in [5.41, 5.74) is 0.821. The van der Waals surface area contributed by atoms with Gasteiger partial charge in [-0.2, -0.15) is 0 Å². The highest BCUT2D eigenvalue weighted by atomic mass is 16.6. The first-order chi connectivity index (χ1) is 8.49. The van der Waals surface area contributed by atoms with Crippen molar-refractivity contribution < 1.29 is 9.72 Å². The molecular formula is C13H18N2O3. The lowest BCUT2D eigenvalue weighted by Gasteiger charge is -2.07. The Morgan fingerprint density at radius 3 is 2.44 bits per heavy atom. The maximum atomic E-state index is 11.6. The molecule has 1 rings (SSSR count). The molecule has 1 amide bonds. The average Bonchev–Trinajstić information content (AvgIpc) is 2.29. The van der Waals surface area contributed by atoms with Crippen molar-refractivity contribution in [3.8, 4) is 0 Å². The molecule has 0 fully saturated rings. The third kappa shape index (κ3) is 4.95. The second kappa shape index (κ2) is 6.74. The van der Waals surface area contributed by atoms with Gasteiger partial charge in [0, 0.05) is 18.7 Å². The van der Waals surface area contributed by atoms with Crippen molar-refractivity contribution in [1.82, 2.24) is 5.32 Å². The molecular weight excluding hydrogens is 232 g/mol. The number of nitro benzene ring substituents is 1. The molecule has 0 spiro atoms. The van der Waals surface area contributed by atoms with Crippen molar-refractivity contribution in [2.75, 3.05) is 6.54 Å². The van der Waals surface area contributed by atoms with Crippen LogP contribution in [0.1, 0.15) is 25.8 Å². The molecule has 5 nitrogen and oxygen atoms in total. The van der Waals surface area contributed by atoms with Crippen LogP contribution in [-0.4, -0.2) is 17.4 Å². The number of rotatable bonds is 6. The van der Waals surface area contributed by atoms with Crippen molar-refractivity contribution in [2.45, 2.75) is 26.7 Å². The minimum atomic E-state index is -0.452. The Balaban J connectivity index is 2.42. The predicted molar refractivity (Wildman–Crippen MR) is 69.3 cm³/mol. The first-order valence-corrected chi connectivity index (χ1v) is 5.99. The van der Waals surface area contributed by atoms with E-state index in [1.165, 1.54) is 12.1 Å². The number of non-ortho nitro benzene ring substituents is 1. The number of carbonyl (C=O) groups excluding carboxylic acids is 1. The normalized spacial score (nSPS) is 10.4. The van der Waals surface area contributed by atoms with Crippen LogP contribution in [0.25, 0.3) is 0 Å². The van der Waals surface area contributed by atoms with Crippen LogP contribution in [0.5, 0.6) is 0 Å². The van der Waals surface area contributed by atoms with Gasteiger partial charge in [0.05, 0.1) is 11.3 Å². The second-order valence-corrected chi connectivity index (χ2v) is 4.63. The van der Waals surface area contributed by atoms with Crippen molar-refractivity contribution in [1.29, 1.82) is 0 Å². The van der Waals surface area contributed by atoms with E-state index < -0.39 is 4.92 Å². The monoisotopic (exact) mass is 250 g/mol. The molecule has 0 radical (unpaired) electrons. The molecule has 0 aliphatic carbocycles. The summed E-state index contributed by atoms with van der Waals surface area (Å²) in [6, 6.07) is 6.05. The molecule has 98 valence electrons. The van der Waals surface area contributed by atoms with Gasteiger partial charge in [-0.3, -0.25) is 14.9 Å². The lowest BCUT2D eigenvalue weighted by atomic mass is 10.1. The second-order valence-electron chi connectivity index (χ2n) is 4.63. The highest BCUT2D eigenvalue weighted by molar-refractivity contribution is 5.78. The number of benzene rings is 1. The van der Waals surface area contributed by atoms with Crippen molar-refractivity contribution in [2.24, 2.45) is 5.92 Å². The first kappa shape index (κ1) is 14.2. The van der Waals surface area contributed by atoms with Crippen molar-refractivity contribution in [3.05, 3.63) is 39.9 Å². The van der Waals surface area contributed by atoms with Gasteiger partial charge in [-0.05, 0) is 17.9 Å². The number of hydrogen-bond donors (Lipinski definition) is 1. The Morgan fingerprint density at radius 1 is 1.33 bits per heavy atom. The molecule has 0 saturated heterocycles. The van der Waals surface area contributed by atoms with Gasteiger partial charge >= 0.3 is 0 Å². The standard InChI is InChI=1S/C13H18N2O3/c1-10(2)7-8-14-13(16)9-11-3-5-12(6-4-11)15(17)18/h3-6,10H,7-9H2,1-2H3,(H,14,16). The third-order valence-corrected chi connectivity index (χ3v) is 2.56. The summed E-state index contributed by atoms with van der Waals surface area (Å²) >= 11 is 0. The Labute approximate surface area is 106 Å². The molecule has 0 atom stereocenters. The lowest BCUT2D eigenvalue weighted by molar-refractivity contribution is -0.384. The zero-order valence-corrected chi connectivity index (χ0v) is 10.7. The zero-order valence-electron chi connectivity index (χ0n) is 10.7. The quantitative estimate of drug-likeness (QED) is 0.622. The smallest absolute Gasteiger partial charge is 0.269 e. The molecule has 0 aromatic heterocycles. The van der Waals surface area contributed by atoms with Gasteiger partial charge in [0.1, 0.15) is 0 Å². The SMILES string of the molecule is CC(C)CCNC(=O)Cc1ccc([N+](=O)[O-])cc1. The third-order valence-electron chi connectivity index (χ3n) is 2.56. The number of nitrogens with one attached hydrogen (secondary N) is 1. The molecule has 1 aromatic rings. The number of amides is 1. The van der Waals surface area contributed by atoms with Crippen LogP contribution in [0.15, 0.2) is 24.3 Å². The van der Waals surface area contributed by atoms with E-state index >= 15 is 0 Å². The van der Waals surface area contributed by atoms with Crippen LogP contribution in [-0.2, 0) is 11.2 Å². The summed E-state index contributed by atoms with van der Waals surface area (Å²) in [6.45, 7) is 4.87. The number of nitro groups is 1. The maximum absolute atomic E-state index is 11.6. The van der Waals surface area contributed by atoms with E-state index in [9.17, 15) is 14.9 Å². The van der Waals surface area contributed by atoms with E-state index in [1.807, 2.05) is 0 Å². The van der Waals surface area contributed by atoms with E-state index in [2.05, 4.69) is 19.2 Å². The molecule has 0 unspecified atom stereocenters. The molecule has 0 heterocycles. The van der Waals surface area contributed by atoms with Crippen LogP contribution in [0.2, 0.25) is 0 Å². The molecule has 0 aliphatic heterocycles. The number of nitrogens with zero attached hydrogens (tertiary/aromatic N) is 1. The van der Waals surface area contributed by atoms with Crippen LogP contribution in [0.4, 0.5) is 5.69 Å². The van der Waals surface area contributed by atoms with Crippen LogP contribution >= 0.6 is 0 Å². The molecule has 1 aromatic carbocycles. The highest BCUT2D eigenvalue weighted by Crippen LogP contribution is 2.12. The topological polar surface area (TPSA) is 72.2 Å². The van der Waals surface area contributed by atoms with E-state index in [4.69, 9.17) is 0 Å². The van der Waals surface area contributed by atoms with Crippen LogP contribution < -0.4 is 5.32 Å². The van der Waals surface area contributed by atoms with Gasteiger partial charge < -0.3 is 5.32 Å². The van der Waals surface area contributed by atoms with E-state index in [-0.39, 0.29) is 18.0 Å². The summed E-state index contributed by atoms with van der Waals surface area (Å²) in [5, 5.41) is 13.3. The maximum Gasteiger partial charge on any atom is 0.269 e. The van der Waals surface area contributed by atoms with Crippen LogP contribution in [0, 0.1) is 16.0 Å². The van der Waals surface area contributed by atoms with Crippen molar-refractivity contribution in [3.63, 3.8) is 0 Å².